The van der Waals surface area contributed by atoms with Crippen LogP contribution in [0.15, 0.2) is 65.8 Å². The van der Waals surface area contributed by atoms with Crippen LogP contribution in [0.1, 0.15) is 12.5 Å². The number of rotatable bonds is 9. The van der Waals surface area contributed by atoms with Gasteiger partial charge in [-0.3, -0.25) is 14.4 Å². The number of nitrogens with one attached hydrogen (secondary N) is 3. The number of anilines is 2. The summed E-state index contributed by atoms with van der Waals surface area (Å²) in [5.74, 6) is -2.68. The van der Waals surface area contributed by atoms with E-state index in [-0.39, 0.29) is 17.3 Å². The second kappa shape index (κ2) is 13.2. The molecule has 3 rings (SSSR count). The van der Waals surface area contributed by atoms with Crippen LogP contribution in [0.25, 0.3) is 0 Å². The highest BCUT2D eigenvalue weighted by Crippen LogP contribution is 2.29. The molecule has 3 aromatic rings. The van der Waals surface area contributed by atoms with Gasteiger partial charge in [-0.1, -0.05) is 35.3 Å². The van der Waals surface area contributed by atoms with Gasteiger partial charge in [0.2, 0.25) is 0 Å². The van der Waals surface area contributed by atoms with Crippen molar-refractivity contribution < 1.29 is 28.2 Å². The van der Waals surface area contributed by atoms with Crippen molar-refractivity contribution in [2.75, 3.05) is 23.8 Å². The summed E-state index contributed by atoms with van der Waals surface area (Å²) in [7, 11) is 0. The van der Waals surface area contributed by atoms with E-state index in [2.05, 4.69) is 21.2 Å². The van der Waals surface area contributed by atoms with E-state index in [1.165, 1.54) is 30.5 Å². The van der Waals surface area contributed by atoms with Crippen molar-refractivity contribution >= 4 is 58.5 Å². The number of ether oxygens (including phenoxy) is 2. The second-order valence-electron chi connectivity index (χ2n) is 7.23. The molecule has 0 saturated carbocycles. The first kappa shape index (κ1) is 27.4. The summed E-state index contributed by atoms with van der Waals surface area (Å²) in [5, 5.41) is 9.24. The number of hydrazone groups is 1. The van der Waals surface area contributed by atoms with E-state index < -0.39 is 23.5 Å². The maximum atomic E-state index is 13.6. The molecule has 37 heavy (non-hydrogen) atoms. The van der Waals surface area contributed by atoms with Gasteiger partial charge in [0.05, 0.1) is 29.2 Å². The first-order valence-corrected chi connectivity index (χ1v) is 11.6. The predicted octanol–water partition coefficient (Wildman–Crippen LogP) is 4.64. The second-order valence-corrected chi connectivity index (χ2v) is 8.08. The Balaban J connectivity index is 1.57. The zero-order valence-electron chi connectivity index (χ0n) is 19.4. The molecule has 0 heterocycles. The van der Waals surface area contributed by atoms with Crippen molar-refractivity contribution in [2.45, 2.75) is 6.92 Å². The van der Waals surface area contributed by atoms with Gasteiger partial charge in [0.1, 0.15) is 5.82 Å². The predicted molar refractivity (Wildman–Crippen MR) is 139 cm³/mol. The molecule has 0 atom stereocenters. The van der Waals surface area contributed by atoms with Crippen LogP contribution in [0.5, 0.6) is 11.5 Å². The van der Waals surface area contributed by atoms with Crippen molar-refractivity contribution in [3.8, 4) is 11.5 Å². The summed E-state index contributed by atoms with van der Waals surface area (Å²) < 4.78 is 24.8. The third kappa shape index (κ3) is 8.19. The van der Waals surface area contributed by atoms with Gasteiger partial charge in [0.25, 0.3) is 5.91 Å². The maximum absolute atomic E-state index is 13.6. The molecule has 0 aliphatic heterocycles. The highest BCUT2D eigenvalue weighted by Gasteiger charge is 2.15. The normalized spacial score (nSPS) is 10.6. The molecule has 0 aliphatic rings. The largest absolute Gasteiger partial charge is 0.490 e. The summed E-state index contributed by atoms with van der Waals surface area (Å²) in [5.41, 5.74) is 2.82. The molecular weight excluding hydrogens is 526 g/mol. The molecule has 3 aromatic carbocycles. The fourth-order valence-corrected chi connectivity index (χ4v) is 3.33. The minimum absolute atomic E-state index is 0.131. The molecule has 0 bridgehead atoms. The fraction of sp³-hybridized carbons (Fsp3) is 0.120. The molecule has 0 fully saturated rings. The quantitative estimate of drug-likeness (QED) is 0.205. The van der Waals surface area contributed by atoms with Crippen LogP contribution >= 0.6 is 23.2 Å². The number of carbonyl (C=O) groups excluding carboxylic acids is 3. The van der Waals surface area contributed by atoms with E-state index >= 15 is 0 Å². The molecule has 0 saturated heterocycles. The Morgan fingerprint density at radius 3 is 2.43 bits per heavy atom. The van der Waals surface area contributed by atoms with Gasteiger partial charge in [-0.2, -0.15) is 5.10 Å². The average Bonchev–Trinajstić information content (AvgIpc) is 2.86. The molecule has 12 heteroatoms. The number of nitrogens with zero attached hydrogens (tertiary/aromatic N) is 1. The van der Waals surface area contributed by atoms with Crippen LogP contribution in [0.4, 0.5) is 15.8 Å². The number of halogens is 3. The third-order valence-electron chi connectivity index (χ3n) is 4.54. The Morgan fingerprint density at radius 1 is 0.919 bits per heavy atom. The lowest BCUT2D eigenvalue weighted by Crippen LogP contribution is -2.32. The van der Waals surface area contributed by atoms with Crippen molar-refractivity contribution in [2.24, 2.45) is 5.10 Å². The first-order chi connectivity index (χ1) is 17.8. The van der Waals surface area contributed by atoms with Crippen molar-refractivity contribution in [3.63, 3.8) is 0 Å². The Bertz CT molecular complexity index is 1340. The van der Waals surface area contributed by atoms with Gasteiger partial charge >= 0.3 is 11.8 Å². The SMILES string of the molecule is CCOc1cc(/C=N\NC(=O)C(=O)Nc2ccccc2F)ccc1OCC(=O)Nc1ccc(Cl)cc1Cl. The lowest BCUT2D eigenvalue weighted by Gasteiger charge is -2.13. The van der Waals surface area contributed by atoms with E-state index in [1.54, 1.807) is 37.3 Å². The number of hydrogen-bond donors (Lipinski definition) is 3. The van der Waals surface area contributed by atoms with Crippen LogP contribution in [0, 0.1) is 5.82 Å². The van der Waals surface area contributed by atoms with E-state index in [0.29, 0.717) is 34.4 Å². The van der Waals surface area contributed by atoms with Gasteiger partial charge < -0.3 is 20.1 Å². The van der Waals surface area contributed by atoms with E-state index in [9.17, 15) is 18.8 Å². The Hall–Kier alpha value is -4.15. The Morgan fingerprint density at radius 2 is 1.70 bits per heavy atom. The third-order valence-corrected chi connectivity index (χ3v) is 5.09. The average molecular weight is 547 g/mol. The van der Waals surface area contributed by atoms with Gasteiger partial charge in [-0.25, -0.2) is 9.82 Å². The lowest BCUT2D eigenvalue weighted by molar-refractivity contribution is -0.136. The highest BCUT2D eigenvalue weighted by molar-refractivity contribution is 6.39. The molecule has 0 aromatic heterocycles. The number of carbonyl (C=O) groups is 3. The zero-order valence-corrected chi connectivity index (χ0v) is 20.9. The minimum Gasteiger partial charge on any atom is -0.490 e. The van der Waals surface area contributed by atoms with Gasteiger partial charge in [0.15, 0.2) is 18.1 Å². The number of hydrogen-bond acceptors (Lipinski definition) is 6. The number of benzene rings is 3. The minimum atomic E-state index is -1.09. The van der Waals surface area contributed by atoms with Gasteiger partial charge in [-0.15, -0.1) is 0 Å². The number of para-hydroxylation sites is 1. The van der Waals surface area contributed by atoms with E-state index in [4.69, 9.17) is 32.7 Å². The van der Waals surface area contributed by atoms with Crippen LogP contribution < -0.4 is 25.5 Å². The number of amides is 3. The molecule has 192 valence electrons. The monoisotopic (exact) mass is 546 g/mol. The molecule has 0 unspecified atom stereocenters. The molecule has 0 radical (unpaired) electrons. The summed E-state index contributed by atoms with van der Waals surface area (Å²) in [6.45, 7) is 1.77. The summed E-state index contributed by atoms with van der Waals surface area (Å²) >= 11 is 11.9. The maximum Gasteiger partial charge on any atom is 0.329 e. The van der Waals surface area contributed by atoms with E-state index in [0.717, 1.165) is 6.07 Å². The topological polar surface area (TPSA) is 118 Å². The van der Waals surface area contributed by atoms with Crippen LogP contribution in [0.3, 0.4) is 0 Å². The molecule has 3 N–H and O–H groups in total. The van der Waals surface area contributed by atoms with Crippen molar-refractivity contribution in [3.05, 3.63) is 82.1 Å². The Labute approximate surface area is 221 Å². The summed E-state index contributed by atoms with van der Waals surface area (Å²) in [6.07, 6.45) is 1.27. The molecule has 9 nitrogen and oxygen atoms in total. The van der Waals surface area contributed by atoms with Gasteiger partial charge in [-0.05, 0) is 61.0 Å². The fourth-order valence-electron chi connectivity index (χ4n) is 2.87. The highest BCUT2D eigenvalue weighted by atomic mass is 35.5. The van der Waals surface area contributed by atoms with Crippen LogP contribution in [-0.2, 0) is 14.4 Å². The summed E-state index contributed by atoms with van der Waals surface area (Å²) in [6, 6.07) is 14.8. The summed E-state index contributed by atoms with van der Waals surface area (Å²) in [4.78, 5) is 36.1. The van der Waals surface area contributed by atoms with E-state index in [1.807, 2.05) is 0 Å². The molecule has 3 amide bonds. The van der Waals surface area contributed by atoms with Crippen molar-refractivity contribution in [1.82, 2.24) is 5.43 Å². The molecular formula is C25H21Cl2FN4O5. The zero-order chi connectivity index (χ0) is 26.8. The smallest absolute Gasteiger partial charge is 0.329 e. The lowest BCUT2D eigenvalue weighted by atomic mass is 10.2. The first-order valence-electron chi connectivity index (χ1n) is 10.8. The van der Waals surface area contributed by atoms with Crippen LogP contribution in [0.2, 0.25) is 10.0 Å². The van der Waals surface area contributed by atoms with Gasteiger partial charge in [0, 0.05) is 5.02 Å². The van der Waals surface area contributed by atoms with Crippen molar-refractivity contribution in [1.29, 1.82) is 0 Å². The molecule has 0 aliphatic carbocycles. The van der Waals surface area contributed by atoms with Crippen LogP contribution in [-0.4, -0.2) is 37.1 Å². The standard InChI is InChI=1S/C25H21Cl2FN4O5/c1-2-36-22-11-15(13-29-32-25(35)24(34)31-20-6-4-3-5-18(20)28)7-10-21(22)37-14-23(33)30-19-9-8-16(26)12-17(19)27/h3-13H,2,14H2,1H3,(H,30,33)(H,31,34)(H,32,35)/b29-13-. The Kier molecular flexibility index (Phi) is 9.82. The molecule has 0 spiro atoms.